The number of thioether (sulfide) groups is 2. The maximum Gasteiger partial charge on any atom is 0.234 e. The third-order valence-corrected chi connectivity index (χ3v) is 6.68. The van der Waals surface area contributed by atoms with Crippen LogP contribution >= 0.6 is 34.9 Å². The molecule has 1 amide bonds. The summed E-state index contributed by atoms with van der Waals surface area (Å²) in [5.41, 5.74) is 0.573. The molecule has 1 aliphatic rings. The van der Waals surface area contributed by atoms with E-state index in [-0.39, 0.29) is 22.9 Å². The van der Waals surface area contributed by atoms with E-state index >= 15 is 0 Å². The van der Waals surface area contributed by atoms with Gasteiger partial charge in [-0.05, 0) is 13.0 Å². The number of carbonyl (C=O) groups is 1. The SMILES string of the molecule is CCNc1nnc(SCC(=O)N2CCS[C@H]2c2ccccc2F)s1. The first-order valence-electron chi connectivity index (χ1n) is 7.54. The zero-order valence-electron chi connectivity index (χ0n) is 13.1. The molecule has 0 spiro atoms. The summed E-state index contributed by atoms with van der Waals surface area (Å²) in [5.74, 6) is 0.839. The summed E-state index contributed by atoms with van der Waals surface area (Å²) in [4.78, 5) is 14.3. The molecule has 1 aromatic heterocycles. The molecule has 24 heavy (non-hydrogen) atoms. The number of nitrogens with zero attached hydrogens (tertiary/aromatic N) is 3. The molecule has 1 fully saturated rings. The van der Waals surface area contributed by atoms with E-state index < -0.39 is 0 Å². The number of hydrogen-bond donors (Lipinski definition) is 1. The Morgan fingerprint density at radius 3 is 3.08 bits per heavy atom. The molecule has 0 aliphatic carbocycles. The molecule has 1 saturated heterocycles. The van der Waals surface area contributed by atoms with Gasteiger partial charge in [0, 0.05) is 24.4 Å². The Balaban J connectivity index is 1.62. The highest BCUT2D eigenvalue weighted by atomic mass is 32.2. The number of halogens is 1. The highest BCUT2D eigenvalue weighted by molar-refractivity contribution is 8.01. The van der Waals surface area contributed by atoms with E-state index in [4.69, 9.17) is 0 Å². The van der Waals surface area contributed by atoms with Crippen molar-refractivity contribution in [1.29, 1.82) is 0 Å². The molecule has 3 rings (SSSR count). The number of hydrogen-bond acceptors (Lipinski definition) is 7. The molecule has 0 bridgehead atoms. The minimum atomic E-state index is -0.262. The summed E-state index contributed by atoms with van der Waals surface area (Å²) in [5, 5.41) is 11.7. The molecule has 1 atom stereocenters. The van der Waals surface area contributed by atoms with E-state index in [1.54, 1.807) is 34.9 Å². The van der Waals surface area contributed by atoms with Crippen molar-refractivity contribution in [2.24, 2.45) is 0 Å². The molecule has 1 N–H and O–H groups in total. The van der Waals surface area contributed by atoms with Crippen LogP contribution in [0, 0.1) is 5.82 Å². The normalized spacial score (nSPS) is 17.2. The quantitative estimate of drug-likeness (QED) is 0.770. The third kappa shape index (κ3) is 4.01. The monoisotopic (exact) mass is 384 g/mol. The molecule has 2 heterocycles. The van der Waals surface area contributed by atoms with Crippen LogP contribution in [0.5, 0.6) is 0 Å². The first kappa shape index (κ1) is 17.5. The fourth-order valence-corrected chi connectivity index (χ4v) is 5.36. The van der Waals surface area contributed by atoms with Gasteiger partial charge >= 0.3 is 0 Å². The predicted molar refractivity (Wildman–Crippen MR) is 98.1 cm³/mol. The molecule has 5 nitrogen and oxygen atoms in total. The minimum Gasteiger partial charge on any atom is -0.360 e. The number of carbonyl (C=O) groups excluding carboxylic acids is 1. The molecule has 1 aromatic carbocycles. The minimum absolute atomic E-state index is 0.00143. The Labute approximate surface area is 152 Å². The van der Waals surface area contributed by atoms with Crippen LogP contribution in [0.2, 0.25) is 0 Å². The third-order valence-electron chi connectivity index (χ3n) is 3.44. The van der Waals surface area contributed by atoms with Gasteiger partial charge in [-0.25, -0.2) is 4.39 Å². The van der Waals surface area contributed by atoms with Gasteiger partial charge in [0.1, 0.15) is 11.2 Å². The van der Waals surface area contributed by atoms with Crippen LogP contribution in [0.15, 0.2) is 28.6 Å². The second-order valence-electron chi connectivity index (χ2n) is 5.02. The van der Waals surface area contributed by atoms with Crippen molar-refractivity contribution >= 4 is 45.9 Å². The van der Waals surface area contributed by atoms with Gasteiger partial charge in [-0.15, -0.1) is 22.0 Å². The van der Waals surface area contributed by atoms with Crippen LogP contribution in [0.3, 0.4) is 0 Å². The van der Waals surface area contributed by atoms with Gasteiger partial charge < -0.3 is 10.2 Å². The van der Waals surface area contributed by atoms with Gasteiger partial charge in [0.05, 0.1) is 5.75 Å². The van der Waals surface area contributed by atoms with Gasteiger partial charge in [-0.2, -0.15) is 0 Å². The Hall–Kier alpha value is -1.32. The van der Waals surface area contributed by atoms with E-state index in [1.807, 2.05) is 6.92 Å². The van der Waals surface area contributed by atoms with Crippen molar-refractivity contribution < 1.29 is 9.18 Å². The first-order valence-corrected chi connectivity index (χ1v) is 10.4. The Kier molecular flexibility index (Phi) is 5.96. The van der Waals surface area contributed by atoms with Crippen molar-refractivity contribution in [3.05, 3.63) is 35.6 Å². The van der Waals surface area contributed by atoms with Crippen molar-refractivity contribution in [3.63, 3.8) is 0 Å². The summed E-state index contributed by atoms with van der Waals surface area (Å²) >= 11 is 4.41. The molecule has 0 radical (unpaired) electrons. The van der Waals surface area contributed by atoms with E-state index in [0.717, 1.165) is 21.8 Å². The van der Waals surface area contributed by atoms with E-state index in [0.29, 0.717) is 12.1 Å². The van der Waals surface area contributed by atoms with Gasteiger partial charge in [-0.1, -0.05) is 41.3 Å². The van der Waals surface area contributed by atoms with Crippen LogP contribution in [-0.2, 0) is 4.79 Å². The molecule has 0 unspecified atom stereocenters. The summed E-state index contributed by atoms with van der Waals surface area (Å²) in [7, 11) is 0. The average Bonchev–Trinajstić information content (AvgIpc) is 3.23. The molecular weight excluding hydrogens is 367 g/mol. The van der Waals surface area contributed by atoms with Gasteiger partial charge in [-0.3, -0.25) is 4.79 Å². The van der Waals surface area contributed by atoms with Gasteiger partial charge in [0.25, 0.3) is 0 Å². The number of rotatable bonds is 6. The second kappa shape index (κ2) is 8.17. The molecular formula is C15H17FN4OS3. The zero-order valence-corrected chi connectivity index (χ0v) is 15.5. The number of nitrogens with one attached hydrogen (secondary N) is 1. The Morgan fingerprint density at radius 1 is 1.46 bits per heavy atom. The predicted octanol–water partition coefficient (Wildman–Crippen LogP) is 3.48. The number of anilines is 1. The van der Waals surface area contributed by atoms with Gasteiger partial charge in [0.15, 0.2) is 4.34 Å². The van der Waals surface area contributed by atoms with Crippen molar-refractivity contribution in [1.82, 2.24) is 15.1 Å². The number of amides is 1. The molecule has 2 aromatic rings. The lowest BCUT2D eigenvalue weighted by molar-refractivity contribution is -0.128. The fourth-order valence-electron chi connectivity index (χ4n) is 2.36. The van der Waals surface area contributed by atoms with E-state index in [2.05, 4.69) is 15.5 Å². The largest absolute Gasteiger partial charge is 0.360 e. The lowest BCUT2D eigenvalue weighted by Gasteiger charge is -2.24. The standard InChI is InChI=1S/C15H17FN4OS3/c1-2-17-14-18-19-15(24-14)23-9-12(21)20-7-8-22-13(20)10-5-3-4-6-11(10)16/h3-6,13H,2,7-9H2,1H3,(H,17,18)/t13-/m0/s1. The highest BCUT2D eigenvalue weighted by Gasteiger charge is 2.32. The van der Waals surface area contributed by atoms with Crippen molar-refractivity contribution in [2.45, 2.75) is 16.6 Å². The number of aromatic nitrogens is 2. The Morgan fingerprint density at radius 2 is 2.29 bits per heavy atom. The maximum atomic E-state index is 14.0. The highest BCUT2D eigenvalue weighted by Crippen LogP contribution is 2.39. The van der Waals surface area contributed by atoms with Crippen LogP contribution in [0.1, 0.15) is 17.9 Å². The summed E-state index contributed by atoms with van der Waals surface area (Å²) in [6, 6.07) is 6.66. The lowest BCUT2D eigenvalue weighted by Crippen LogP contribution is -2.32. The molecule has 0 saturated carbocycles. The second-order valence-corrected chi connectivity index (χ2v) is 8.41. The number of benzene rings is 1. The smallest absolute Gasteiger partial charge is 0.234 e. The molecule has 128 valence electrons. The van der Waals surface area contributed by atoms with Crippen molar-refractivity contribution in [3.8, 4) is 0 Å². The Bertz CT molecular complexity index is 712. The van der Waals surface area contributed by atoms with Gasteiger partial charge in [0.2, 0.25) is 11.0 Å². The topological polar surface area (TPSA) is 58.1 Å². The summed E-state index contributed by atoms with van der Waals surface area (Å²) in [6.45, 7) is 3.42. The first-order chi connectivity index (χ1) is 11.7. The van der Waals surface area contributed by atoms with Crippen LogP contribution in [-0.4, -0.2) is 45.6 Å². The summed E-state index contributed by atoms with van der Waals surface area (Å²) < 4.78 is 14.8. The van der Waals surface area contributed by atoms with E-state index in [1.165, 1.54) is 29.2 Å². The fraction of sp³-hybridized carbons (Fsp3) is 0.400. The lowest BCUT2D eigenvalue weighted by atomic mass is 10.2. The van der Waals surface area contributed by atoms with Crippen LogP contribution in [0.4, 0.5) is 9.52 Å². The van der Waals surface area contributed by atoms with Crippen LogP contribution < -0.4 is 5.32 Å². The maximum absolute atomic E-state index is 14.0. The molecule has 9 heteroatoms. The average molecular weight is 385 g/mol. The summed E-state index contributed by atoms with van der Waals surface area (Å²) in [6.07, 6.45) is 0. The van der Waals surface area contributed by atoms with E-state index in [9.17, 15) is 9.18 Å². The van der Waals surface area contributed by atoms with Crippen molar-refractivity contribution in [2.75, 3.05) is 29.9 Å². The van der Waals surface area contributed by atoms with Crippen LogP contribution in [0.25, 0.3) is 0 Å². The zero-order chi connectivity index (χ0) is 16.9. The molecule has 1 aliphatic heterocycles.